The molecule has 0 amide bonds. The lowest BCUT2D eigenvalue weighted by Crippen LogP contribution is -2.32. The minimum atomic E-state index is 0.238. The summed E-state index contributed by atoms with van der Waals surface area (Å²) < 4.78 is 0. The van der Waals surface area contributed by atoms with E-state index in [9.17, 15) is 0 Å². The van der Waals surface area contributed by atoms with Gasteiger partial charge in [-0.15, -0.1) is 0 Å². The van der Waals surface area contributed by atoms with Crippen LogP contribution in [0, 0.1) is 0 Å². The monoisotopic (exact) mass is 218 g/mol. The Morgan fingerprint density at radius 1 is 0.733 bits per heavy atom. The number of nitrogens with zero attached hydrogens (tertiary/aromatic N) is 2. The van der Waals surface area contributed by atoms with Crippen LogP contribution in [0.5, 0.6) is 0 Å². The fraction of sp³-hybridized carbons (Fsp3) is 1.00. The SMILES string of the molecule is CCN(CCO)CCCN(CC)CCO. The average molecular weight is 218 g/mol. The molecule has 0 saturated carbocycles. The first-order valence-electron chi connectivity index (χ1n) is 5.94. The van der Waals surface area contributed by atoms with Crippen molar-refractivity contribution in [3.8, 4) is 0 Å². The predicted molar refractivity (Wildman–Crippen MR) is 63.0 cm³/mol. The number of aliphatic hydroxyl groups excluding tert-OH is 2. The van der Waals surface area contributed by atoms with Gasteiger partial charge in [0.05, 0.1) is 13.2 Å². The van der Waals surface area contributed by atoms with Crippen LogP contribution in [0.3, 0.4) is 0 Å². The van der Waals surface area contributed by atoms with Crippen molar-refractivity contribution in [2.24, 2.45) is 0 Å². The zero-order chi connectivity index (χ0) is 11.5. The van der Waals surface area contributed by atoms with Gasteiger partial charge in [-0.1, -0.05) is 13.8 Å². The van der Waals surface area contributed by atoms with E-state index in [0.717, 1.165) is 45.7 Å². The van der Waals surface area contributed by atoms with Gasteiger partial charge in [0, 0.05) is 13.1 Å². The van der Waals surface area contributed by atoms with Crippen molar-refractivity contribution in [1.82, 2.24) is 9.80 Å². The average Bonchev–Trinajstić information content (AvgIpc) is 2.26. The van der Waals surface area contributed by atoms with Gasteiger partial charge in [-0.05, 0) is 32.6 Å². The van der Waals surface area contributed by atoms with Crippen LogP contribution in [0.25, 0.3) is 0 Å². The first kappa shape index (κ1) is 14.8. The van der Waals surface area contributed by atoms with Crippen molar-refractivity contribution in [2.45, 2.75) is 20.3 Å². The fourth-order valence-electron chi connectivity index (χ4n) is 1.66. The molecule has 0 spiro atoms. The largest absolute Gasteiger partial charge is 0.395 e. The van der Waals surface area contributed by atoms with Gasteiger partial charge in [0.15, 0.2) is 0 Å². The second-order valence-corrected chi connectivity index (χ2v) is 3.67. The second kappa shape index (κ2) is 10.4. The summed E-state index contributed by atoms with van der Waals surface area (Å²) in [6.45, 7) is 10.3. The molecule has 0 atom stereocenters. The summed E-state index contributed by atoms with van der Waals surface area (Å²) in [5, 5.41) is 17.6. The quantitative estimate of drug-likeness (QED) is 0.542. The molecule has 0 aliphatic carbocycles. The van der Waals surface area contributed by atoms with E-state index < -0.39 is 0 Å². The Morgan fingerprint density at radius 2 is 1.13 bits per heavy atom. The topological polar surface area (TPSA) is 46.9 Å². The van der Waals surface area contributed by atoms with E-state index in [0.29, 0.717) is 0 Å². The first-order valence-corrected chi connectivity index (χ1v) is 5.94. The van der Waals surface area contributed by atoms with Crippen molar-refractivity contribution in [3.63, 3.8) is 0 Å². The normalized spacial score (nSPS) is 11.6. The van der Waals surface area contributed by atoms with Gasteiger partial charge in [-0.25, -0.2) is 0 Å². The summed E-state index contributed by atoms with van der Waals surface area (Å²) in [7, 11) is 0. The minimum Gasteiger partial charge on any atom is -0.395 e. The third kappa shape index (κ3) is 7.73. The smallest absolute Gasteiger partial charge is 0.0558 e. The van der Waals surface area contributed by atoms with Crippen LogP contribution in [0.1, 0.15) is 20.3 Å². The molecule has 0 unspecified atom stereocenters. The van der Waals surface area contributed by atoms with Crippen LogP contribution in [-0.2, 0) is 0 Å². The van der Waals surface area contributed by atoms with E-state index in [1.165, 1.54) is 0 Å². The van der Waals surface area contributed by atoms with Crippen molar-refractivity contribution >= 4 is 0 Å². The Morgan fingerprint density at radius 3 is 1.40 bits per heavy atom. The molecule has 0 aliphatic rings. The number of likely N-dealkylation sites (N-methyl/N-ethyl adjacent to an activating group) is 2. The van der Waals surface area contributed by atoms with Gasteiger partial charge < -0.3 is 20.0 Å². The molecule has 0 heterocycles. The highest BCUT2D eigenvalue weighted by molar-refractivity contribution is 4.59. The molecule has 0 radical (unpaired) electrons. The summed E-state index contributed by atoms with van der Waals surface area (Å²) >= 11 is 0. The summed E-state index contributed by atoms with van der Waals surface area (Å²) in [4.78, 5) is 4.49. The van der Waals surface area contributed by atoms with Gasteiger partial charge in [0.25, 0.3) is 0 Å². The Hall–Kier alpha value is -0.160. The fourth-order valence-corrected chi connectivity index (χ4v) is 1.66. The zero-order valence-electron chi connectivity index (χ0n) is 10.2. The standard InChI is InChI=1S/C11H26N2O2/c1-3-12(8-10-14)6-5-7-13(4-2)9-11-15/h14-15H,3-11H2,1-2H3. The molecule has 0 saturated heterocycles. The van der Waals surface area contributed by atoms with Crippen LogP contribution in [0.2, 0.25) is 0 Å². The molecule has 0 aromatic heterocycles. The zero-order valence-corrected chi connectivity index (χ0v) is 10.2. The van der Waals surface area contributed by atoms with E-state index >= 15 is 0 Å². The van der Waals surface area contributed by atoms with Crippen LogP contribution in [-0.4, -0.2) is 72.5 Å². The lowest BCUT2D eigenvalue weighted by atomic mass is 10.3. The second-order valence-electron chi connectivity index (χ2n) is 3.67. The van der Waals surface area contributed by atoms with Crippen molar-refractivity contribution in [2.75, 3.05) is 52.5 Å². The van der Waals surface area contributed by atoms with Crippen LogP contribution in [0.15, 0.2) is 0 Å². The number of aliphatic hydroxyl groups is 2. The van der Waals surface area contributed by atoms with E-state index in [1.807, 2.05) is 0 Å². The Bertz CT molecular complexity index is 120. The summed E-state index contributed by atoms with van der Waals surface area (Å²) in [5.41, 5.74) is 0. The van der Waals surface area contributed by atoms with Crippen molar-refractivity contribution in [3.05, 3.63) is 0 Å². The molecule has 4 nitrogen and oxygen atoms in total. The molecule has 0 bridgehead atoms. The molecular formula is C11H26N2O2. The molecule has 92 valence electrons. The molecule has 0 rings (SSSR count). The minimum absolute atomic E-state index is 0.238. The van der Waals surface area contributed by atoms with E-state index in [1.54, 1.807) is 0 Å². The molecule has 15 heavy (non-hydrogen) atoms. The predicted octanol–water partition coefficient (Wildman–Crippen LogP) is 0.00490. The van der Waals surface area contributed by atoms with E-state index in [-0.39, 0.29) is 13.2 Å². The maximum atomic E-state index is 8.82. The molecule has 2 N–H and O–H groups in total. The lowest BCUT2D eigenvalue weighted by Gasteiger charge is -2.23. The lowest BCUT2D eigenvalue weighted by molar-refractivity contribution is 0.175. The van der Waals surface area contributed by atoms with Crippen molar-refractivity contribution < 1.29 is 10.2 Å². The third-order valence-electron chi connectivity index (χ3n) is 2.68. The molecule has 0 fully saturated rings. The Kier molecular flexibility index (Phi) is 10.3. The maximum absolute atomic E-state index is 8.82. The van der Waals surface area contributed by atoms with Gasteiger partial charge >= 0.3 is 0 Å². The Labute approximate surface area is 93.5 Å². The van der Waals surface area contributed by atoms with Crippen LogP contribution in [0.4, 0.5) is 0 Å². The molecule has 0 aliphatic heterocycles. The third-order valence-corrected chi connectivity index (χ3v) is 2.68. The van der Waals surface area contributed by atoms with E-state index in [4.69, 9.17) is 10.2 Å². The van der Waals surface area contributed by atoms with Crippen LogP contribution >= 0.6 is 0 Å². The van der Waals surface area contributed by atoms with Crippen LogP contribution < -0.4 is 0 Å². The van der Waals surface area contributed by atoms with Gasteiger partial charge in [-0.3, -0.25) is 0 Å². The molecular weight excluding hydrogens is 192 g/mol. The molecule has 0 aromatic carbocycles. The van der Waals surface area contributed by atoms with Gasteiger partial charge in [-0.2, -0.15) is 0 Å². The van der Waals surface area contributed by atoms with E-state index in [2.05, 4.69) is 23.6 Å². The first-order chi connectivity index (χ1) is 7.28. The maximum Gasteiger partial charge on any atom is 0.0558 e. The van der Waals surface area contributed by atoms with Gasteiger partial charge in [0.2, 0.25) is 0 Å². The highest BCUT2D eigenvalue weighted by Gasteiger charge is 2.04. The van der Waals surface area contributed by atoms with Gasteiger partial charge in [0.1, 0.15) is 0 Å². The number of hydrogen-bond acceptors (Lipinski definition) is 4. The summed E-state index contributed by atoms with van der Waals surface area (Å²) in [6, 6.07) is 0. The number of rotatable bonds is 10. The summed E-state index contributed by atoms with van der Waals surface area (Å²) in [5.74, 6) is 0. The Balaban J connectivity index is 3.55. The highest BCUT2D eigenvalue weighted by atomic mass is 16.3. The molecule has 4 heteroatoms. The highest BCUT2D eigenvalue weighted by Crippen LogP contribution is 1.95. The molecule has 0 aromatic rings. The van der Waals surface area contributed by atoms with Crippen molar-refractivity contribution in [1.29, 1.82) is 0 Å². The summed E-state index contributed by atoms with van der Waals surface area (Å²) in [6.07, 6.45) is 1.10. The number of hydrogen-bond donors (Lipinski definition) is 2.